The molecular formula is C32H26FN7O. The van der Waals surface area contributed by atoms with Gasteiger partial charge in [-0.1, -0.05) is 42.5 Å². The van der Waals surface area contributed by atoms with Crippen LogP contribution in [0.15, 0.2) is 107 Å². The van der Waals surface area contributed by atoms with Gasteiger partial charge in [0.15, 0.2) is 23.3 Å². The minimum atomic E-state index is -0.355. The number of hydrogen-bond acceptors (Lipinski definition) is 7. The lowest BCUT2D eigenvalue weighted by Gasteiger charge is -2.40. The molecule has 7 rings (SSSR count). The number of para-hydroxylation sites is 4. The average molecular weight is 544 g/mol. The van der Waals surface area contributed by atoms with Crippen molar-refractivity contribution in [3.05, 3.63) is 120 Å². The standard InChI is InChI=1S/C32H26FN7O/c1-3-41-26-13-7-5-11-24(26)36-30-32-37-31-28(20(2)38-40(31)27-14-8-9-19-34-27)29(21-15-17-22(33)18-16-21)39(32)25-12-6-4-10-23(25)35-30/h4-19,29H,3H2,1-2H3,(H,35,36)/t29-/m1/s1. The van der Waals surface area contributed by atoms with Crippen LogP contribution in [0.2, 0.25) is 0 Å². The maximum atomic E-state index is 14.1. The number of halogens is 1. The highest BCUT2D eigenvalue weighted by Crippen LogP contribution is 2.48. The summed E-state index contributed by atoms with van der Waals surface area (Å²) in [6.07, 6.45) is 1.73. The van der Waals surface area contributed by atoms with E-state index in [1.165, 1.54) is 12.1 Å². The maximum absolute atomic E-state index is 14.1. The van der Waals surface area contributed by atoms with Crippen molar-refractivity contribution in [1.29, 1.82) is 0 Å². The van der Waals surface area contributed by atoms with E-state index in [0.29, 0.717) is 35.7 Å². The first kappa shape index (κ1) is 24.7. The summed E-state index contributed by atoms with van der Waals surface area (Å²) >= 11 is 0. The predicted octanol–water partition coefficient (Wildman–Crippen LogP) is 6.91. The van der Waals surface area contributed by atoms with E-state index in [1.54, 1.807) is 10.9 Å². The summed E-state index contributed by atoms with van der Waals surface area (Å²) in [5.74, 6) is 2.87. The number of amidine groups is 2. The van der Waals surface area contributed by atoms with Crippen molar-refractivity contribution >= 4 is 34.6 Å². The zero-order valence-corrected chi connectivity index (χ0v) is 22.5. The number of fused-ring (bicyclic) bond motifs is 4. The zero-order chi connectivity index (χ0) is 27.9. The van der Waals surface area contributed by atoms with Crippen molar-refractivity contribution < 1.29 is 9.13 Å². The minimum Gasteiger partial charge on any atom is -0.492 e. The lowest BCUT2D eigenvalue weighted by molar-refractivity contribution is 0.342. The van der Waals surface area contributed by atoms with Crippen LogP contribution in [0.25, 0.3) is 5.82 Å². The fourth-order valence-corrected chi connectivity index (χ4v) is 5.38. The molecule has 5 aromatic rings. The summed E-state index contributed by atoms with van der Waals surface area (Å²) in [5, 5.41) is 8.38. The Bertz CT molecular complexity index is 1810. The first-order chi connectivity index (χ1) is 20.1. The molecule has 0 saturated carbocycles. The van der Waals surface area contributed by atoms with Gasteiger partial charge in [-0.15, -0.1) is 0 Å². The third-order valence-corrected chi connectivity index (χ3v) is 7.13. The molecule has 41 heavy (non-hydrogen) atoms. The lowest BCUT2D eigenvalue weighted by Crippen LogP contribution is -2.46. The van der Waals surface area contributed by atoms with E-state index in [0.717, 1.165) is 33.9 Å². The summed E-state index contributed by atoms with van der Waals surface area (Å²) < 4.78 is 21.8. The van der Waals surface area contributed by atoms with Crippen LogP contribution in [-0.2, 0) is 0 Å². The van der Waals surface area contributed by atoms with Gasteiger partial charge >= 0.3 is 0 Å². The van der Waals surface area contributed by atoms with Gasteiger partial charge in [0.2, 0.25) is 0 Å². The summed E-state index contributed by atoms with van der Waals surface area (Å²) in [5.41, 5.74) is 5.06. The molecule has 2 aliphatic heterocycles. The number of nitrogens with one attached hydrogen (secondary N) is 1. The number of hydrogen-bond donors (Lipinski definition) is 1. The van der Waals surface area contributed by atoms with E-state index in [-0.39, 0.29) is 11.9 Å². The number of anilines is 2. The number of rotatable bonds is 5. The van der Waals surface area contributed by atoms with Gasteiger partial charge in [-0.25, -0.2) is 19.4 Å². The molecule has 2 aromatic heterocycles. The molecule has 0 amide bonds. The topological polar surface area (TPSA) is 79.9 Å². The summed E-state index contributed by atoms with van der Waals surface area (Å²) in [4.78, 5) is 16.9. The molecule has 2 aliphatic rings. The number of aliphatic imine (C=N–C) groups is 2. The molecule has 0 unspecified atom stereocenters. The van der Waals surface area contributed by atoms with Crippen LogP contribution in [0, 0.1) is 12.7 Å². The molecule has 9 heteroatoms. The lowest BCUT2D eigenvalue weighted by atomic mass is 9.93. The van der Waals surface area contributed by atoms with Crippen molar-refractivity contribution in [3.63, 3.8) is 0 Å². The third kappa shape index (κ3) is 4.22. The summed E-state index contributed by atoms with van der Waals surface area (Å²) in [7, 11) is 0. The predicted molar refractivity (Wildman–Crippen MR) is 159 cm³/mol. The fourth-order valence-electron chi connectivity index (χ4n) is 5.38. The number of nitrogens with zero attached hydrogens (tertiary/aromatic N) is 6. The SMILES string of the molecule is CCOc1ccccc1NC1=Nc2ccccc2N2C1=Nc1c(c(C)nn1-c1ccccn1)[C@H]2c1ccc(F)cc1. The van der Waals surface area contributed by atoms with Gasteiger partial charge in [-0.2, -0.15) is 9.78 Å². The fraction of sp³-hybridized carbons (Fsp3) is 0.125. The average Bonchev–Trinajstić information content (AvgIpc) is 3.34. The summed E-state index contributed by atoms with van der Waals surface area (Å²) in [6, 6.07) is 27.6. The van der Waals surface area contributed by atoms with Crippen molar-refractivity contribution in [2.24, 2.45) is 9.98 Å². The smallest absolute Gasteiger partial charge is 0.179 e. The minimum absolute atomic E-state index is 0.296. The van der Waals surface area contributed by atoms with E-state index in [1.807, 2.05) is 92.7 Å². The molecule has 8 nitrogen and oxygen atoms in total. The first-order valence-corrected chi connectivity index (χ1v) is 13.4. The van der Waals surface area contributed by atoms with Gasteiger partial charge in [-0.05, 0) is 67.9 Å². The molecule has 0 saturated heterocycles. The molecule has 0 fully saturated rings. The van der Waals surface area contributed by atoms with Crippen LogP contribution in [0.4, 0.5) is 27.3 Å². The van der Waals surface area contributed by atoms with Gasteiger partial charge in [-0.3, -0.25) is 0 Å². The van der Waals surface area contributed by atoms with Crippen molar-refractivity contribution in [1.82, 2.24) is 14.8 Å². The van der Waals surface area contributed by atoms with Crippen LogP contribution < -0.4 is 15.0 Å². The van der Waals surface area contributed by atoms with Crippen molar-refractivity contribution in [2.75, 3.05) is 16.8 Å². The second-order valence-electron chi connectivity index (χ2n) is 9.69. The van der Waals surface area contributed by atoms with Crippen LogP contribution in [-0.4, -0.2) is 33.0 Å². The molecule has 0 radical (unpaired) electrons. The van der Waals surface area contributed by atoms with Gasteiger partial charge < -0.3 is 15.0 Å². The second kappa shape index (κ2) is 10.0. The molecule has 0 aliphatic carbocycles. The monoisotopic (exact) mass is 543 g/mol. The summed E-state index contributed by atoms with van der Waals surface area (Å²) in [6.45, 7) is 4.45. The Morgan fingerprint density at radius 2 is 1.68 bits per heavy atom. The van der Waals surface area contributed by atoms with Crippen LogP contribution in [0.1, 0.15) is 29.8 Å². The highest BCUT2D eigenvalue weighted by atomic mass is 19.1. The molecule has 1 atom stereocenters. The van der Waals surface area contributed by atoms with Crippen LogP contribution in [0.3, 0.4) is 0 Å². The van der Waals surface area contributed by atoms with E-state index in [2.05, 4.69) is 15.2 Å². The quantitative estimate of drug-likeness (QED) is 0.261. The van der Waals surface area contributed by atoms with E-state index < -0.39 is 0 Å². The maximum Gasteiger partial charge on any atom is 0.179 e. The molecule has 0 spiro atoms. The Labute approximate surface area is 236 Å². The molecule has 0 bridgehead atoms. The van der Waals surface area contributed by atoms with Gasteiger partial charge in [0, 0.05) is 11.8 Å². The van der Waals surface area contributed by atoms with E-state index >= 15 is 0 Å². The molecule has 1 N–H and O–H groups in total. The van der Waals surface area contributed by atoms with Crippen molar-refractivity contribution in [2.45, 2.75) is 19.9 Å². The Morgan fingerprint density at radius 3 is 2.49 bits per heavy atom. The number of pyridine rings is 1. The Morgan fingerprint density at radius 1 is 0.902 bits per heavy atom. The normalized spacial score (nSPS) is 15.3. The van der Waals surface area contributed by atoms with Gasteiger partial charge in [0.05, 0.1) is 35.4 Å². The number of aromatic nitrogens is 3. The zero-order valence-electron chi connectivity index (χ0n) is 22.5. The van der Waals surface area contributed by atoms with Crippen LogP contribution in [0.5, 0.6) is 5.75 Å². The Kier molecular flexibility index (Phi) is 6.04. The first-order valence-electron chi connectivity index (χ1n) is 13.4. The highest BCUT2D eigenvalue weighted by Gasteiger charge is 2.41. The Hall–Kier alpha value is -5.31. The number of ether oxygens (including phenoxy) is 1. The highest BCUT2D eigenvalue weighted by molar-refractivity contribution is 6.51. The molecule has 202 valence electrons. The van der Waals surface area contributed by atoms with Crippen LogP contribution >= 0.6 is 0 Å². The molecular weight excluding hydrogens is 517 g/mol. The van der Waals surface area contributed by atoms with Gasteiger partial charge in [0.25, 0.3) is 0 Å². The largest absolute Gasteiger partial charge is 0.492 e. The van der Waals surface area contributed by atoms with E-state index in [9.17, 15) is 4.39 Å². The van der Waals surface area contributed by atoms with Crippen molar-refractivity contribution in [3.8, 4) is 11.6 Å². The number of aryl methyl sites for hydroxylation is 1. The van der Waals surface area contributed by atoms with E-state index in [4.69, 9.17) is 19.8 Å². The third-order valence-electron chi connectivity index (χ3n) is 7.13. The second-order valence-corrected chi connectivity index (χ2v) is 9.69. The molecule has 3 aromatic carbocycles. The Balaban J connectivity index is 1.48. The molecule has 4 heterocycles. The number of benzene rings is 3. The van der Waals surface area contributed by atoms with Gasteiger partial charge in [0.1, 0.15) is 11.6 Å².